The minimum Gasteiger partial charge on any atom is -0.344 e. The van der Waals surface area contributed by atoms with Crippen molar-refractivity contribution in [2.24, 2.45) is 5.92 Å². The minimum absolute atomic E-state index is 0.0144. The first-order valence-electron chi connectivity index (χ1n) is 7.55. The van der Waals surface area contributed by atoms with Crippen LogP contribution in [0.4, 0.5) is 0 Å². The molecule has 0 bridgehead atoms. The zero-order valence-corrected chi connectivity index (χ0v) is 12.8. The largest absolute Gasteiger partial charge is 0.344 e. The van der Waals surface area contributed by atoms with Crippen molar-refractivity contribution in [3.63, 3.8) is 0 Å². The van der Waals surface area contributed by atoms with Gasteiger partial charge in [0.05, 0.1) is 5.92 Å². The fourth-order valence-electron chi connectivity index (χ4n) is 3.17. The molecule has 1 N–H and O–H groups in total. The molecule has 21 heavy (non-hydrogen) atoms. The van der Waals surface area contributed by atoms with Gasteiger partial charge in [-0.25, -0.2) is 0 Å². The number of rotatable bonds is 5. The van der Waals surface area contributed by atoms with Gasteiger partial charge in [-0.15, -0.1) is 0 Å². The number of aldehydes is 1. The Bertz CT molecular complexity index is 481. The van der Waals surface area contributed by atoms with E-state index in [1.165, 1.54) is 5.56 Å². The lowest BCUT2D eigenvalue weighted by molar-refractivity contribution is -0.137. The molecule has 4 nitrogen and oxygen atoms in total. The SMILES string of the molecule is CC(C=O)C(=O)N(C)CC1(c2ccccc2)CCNCC1. The number of hydrogen-bond acceptors (Lipinski definition) is 3. The van der Waals surface area contributed by atoms with Gasteiger partial charge in [-0.05, 0) is 38.4 Å². The highest BCUT2D eigenvalue weighted by molar-refractivity contribution is 5.91. The van der Waals surface area contributed by atoms with Gasteiger partial charge in [0.25, 0.3) is 0 Å². The number of likely N-dealkylation sites (N-methyl/N-ethyl adjacent to an activating group) is 1. The summed E-state index contributed by atoms with van der Waals surface area (Å²) in [5.74, 6) is -0.664. The van der Waals surface area contributed by atoms with Crippen LogP contribution in [-0.4, -0.2) is 43.8 Å². The fraction of sp³-hybridized carbons (Fsp3) is 0.529. The Kier molecular flexibility index (Phi) is 5.12. The Morgan fingerprint density at radius 1 is 1.33 bits per heavy atom. The Morgan fingerprint density at radius 2 is 1.95 bits per heavy atom. The van der Waals surface area contributed by atoms with Crippen molar-refractivity contribution in [1.82, 2.24) is 10.2 Å². The minimum atomic E-state index is -0.565. The van der Waals surface area contributed by atoms with Gasteiger partial charge in [0.1, 0.15) is 6.29 Å². The highest BCUT2D eigenvalue weighted by Crippen LogP contribution is 2.34. The molecule has 1 aliphatic rings. The van der Waals surface area contributed by atoms with Gasteiger partial charge in [-0.2, -0.15) is 0 Å². The normalized spacial score (nSPS) is 18.8. The smallest absolute Gasteiger partial charge is 0.232 e. The van der Waals surface area contributed by atoms with Gasteiger partial charge in [0.2, 0.25) is 5.91 Å². The van der Waals surface area contributed by atoms with E-state index in [4.69, 9.17) is 0 Å². The molecule has 0 radical (unpaired) electrons. The molecule has 1 saturated heterocycles. The van der Waals surface area contributed by atoms with Crippen LogP contribution >= 0.6 is 0 Å². The summed E-state index contributed by atoms with van der Waals surface area (Å²) < 4.78 is 0. The van der Waals surface area contributed by atoms with Crippen LogP contribution in [0.3, 0.4) is 0 Å². The van der Waals surface area contributed by atoms with Gasteiger partial charge in [0.15, 0.2) is 0 Å². The van der Waals surface area contributed by atoms with E-state index >= 15 is 0 Å². The van der Waals surface area contributed by atoms with E-state index in [2.05, 4.69) is 29.6 Å². The van der Waals surface area contributed by atoms with Crippen LogP contribution in [0.15, 0.2) is 30.3 Å². The van der Waals surface area contributed by atoms with Crippen molar-refractivity contribution in [2.75, 3.05) is 26.7 Å². The monoisotopic (exact) mass is 288 g/mol. The number of amides is 1. The first-order chi connectivity index (χ1) is 10.1. The first-order valence-corrected chi connectivity index (χ1v) is 7.55. The third-order valence-electron chi connectivity index (χ3n) is 4.46. The van der Waals surface area contributed by atoms with Gasteiger partial charge < -0.3 is 15.0 Å². The molecule has 1 heterocycles. The third-order valence-corrected chi connectivity index (χ3v) is 4.46. The second kappa shape index (κ2) is 6.85. The lowest BCUT2D eigenvalue weighted by atomic mass is 9.72. The lowest BCUT2D eigenvalue weighted by Crippen LogP contribution is -2.49. The molecule has 114 valence electrons. The molecule has 2 rings (SSSR count). The average Bonchev–Trinajstić information content (AvgIpc) is 2.55. The molecule has 1 unspecified atom stereocenters. The second-order valence-corrected chi connectivity index (χ2v) is 6.02. The van der Waals surface area contributed by atoms with Crippen molar-refractivity contribution in [2.45, 2.75) is 25.2 Å². The number of piperidine rings is 1. The average molecular weight is 288 g/mol. The summed E-state index contributed by atoms with van der Waals surface area (Å²) in [6, 6.07) is 10.4. The van der Waals surface area contributed by atoms with E-state index in [9.17, 15) is 9.59 Å². The number of nitrogens with zero attached hydrogens (tertiary/aromatic N) is 1. The molecule has 4 heteroatoms. The van der Waals surface area contributed by atoms with Crippen molar-refractivity contribution in [3.05, 3.63) is 35.9 Å². The van der Waals surface area contributed by atoms with Gasteiger partial charge >= 0.3 is 0 Å². The summed E-state index contributed by atoms with van der Waals surface area (Å²) >= 11 is 0. The molecular formula is C17H24N2O2. The first kappa shape index (κ1) is 15.7. The maximum absolute atomic E-state index is 12.2. The molecule has 0 aliphatic carbocycles. The van der Waals surface area contributed by atoms with E-state index in [0.717, 1.165) is 32.2 Å². The number of carbonyl (C=O) groups excluding carboxylic acids is 2. The summed E-state index contributed by atoms with van der Waals surface area (Å²) in [5, 5.41) is 3.39. The summed E-state index contributed by atoms with van der Waals surface area (Å²) in [4.78, 5) is 24.8. The Balaban J connectivity index is 2.21. The van der Waals surface area contributed by atoms with Crippen molar-refractivity contribution in [1.29, 1.82) is 0 Å². The van der Waals surface area contributed by atoms with E-state index < -0.39 is 5.92 Å². The van der Waals surface area contributed by atoms with Crippen LogP contribution in [0.25, 0.3) is 0 Å². The molecule has 1 aromatic carbocycles. The fourth-order valence-corrected chi connectivity index (χ4v) is 3.17. The Hall–Kier alpha value is -1.68. The number of carbonyl (C=O) groups is 2. The molecule has 1 aliphatic heterocycles. The number of nitrogens with one attached hydrogen (secondary N) is 1. The topological polar surface area (TPSA) is 49.4 Å². The summed E-state index contributed by atoms with van der Waals surface area (Å²) in [6.45, 7) is 4.24. The van der Waals surface area contributed by atoms with Crippen LogP contribution in [-0.2, 0) is 15.0 Å². The summed E-state index contributed by atoms with van der Waals surface area (Å²) in [6.07, 6.45) is 2.73. The van der Waals surface area contributed by atoms with Crippen molar-refractivity contribution < 1.29 is 9.59 Å². The second-order valence-electron chi connectivity index (χ2n) is 6.02. The predicted octanol–water partition coefficient (Wildman–Crippen LogP) is 1.60. The van der Waals surface area contributed by atoms with E-state index in [-0.39, 0.29) is 11.3 Å². The van der Waals surface area contributed by atoms with E-state index in [1.807, 2.05) is 6.07 Å². The molecule has 0 aromatic heterocycles. The Labute approximate surface area is 126 Å². The zero-order valence-electron chi connectivity index (χ0n) is 12.8. The van der Waals surface area contributed by atoms with Crippen LogP contribution in [0.1, 0.15) is 25.3 Å². The molecular weight excluding hydrogens is 264 g/mol. The van der Waals surface area contributed by atoms with Crippen molar-refractivity contribution in [3.8, 4) is 0 Å². The highest BCUT2D eigenvalue weighted by atomic mass is 16.2. The van der Waals surface area contributed by atoms with E-state index in [0.29, 0.717) is 6.54 Å². The predicted molar refractivity (Wildman–Crippen MR) is 83.1 cm³/mol. The molecule has 0 spiro atoms. The molecule has 1 aromatic rings. The third kappa shape index (κ3) is 3.50. The van der Waals surface area contributed by atoms with Crippen LogP contribution < -0.4 is 5.32 Å². The van der Waals surface area contributed by atoms with Gasteiger partial charge in [-0.3, -0.25) is 4.79 Å². The maximum Gasteiger partial charge on any atom is 0.232 e. The summed E-state index contributed by atoms with van der Waals surface area (Å²) in [7, 11) is 1.80. The summed E-state index contributed by atoms with van der Waals surface area (Å²) in [5.41, 5.74) is 1.27. The van der Waals surface area contributed by atoms with Crippen molar-refractivity contribution >= 4 is 12.2 Å². The molecule has 1 atom stereocenters. The van der Waals surface area contributed by atoms with Crippen LogP contribution in [0, 0.1) is 5.92 Å². The number of benzene rings is 1. The van der Waals surface area contributed by atoms with Crippen LogP contribution in [0.2, 0.25) is 0 Å². The van der Waals surface area contributed by atoms with Gasteiger partial charge in [0, 0.05) is 19.0 Å². The highest BCUT2D eigenvalue weighted by Gasteiger charge is 2.36. The standard InChI is InChI=1S/C17H24N2O2/c1-14(12-20)16(21)19(2)13-17(8-10-18-11-9-17)15-6-4-3-5-7-15/h3-7,12,14,18H,8-11,13H2,1-2H3. The molecule has 1 fully saturated rings. The molecule has 1 amide bonds. The molecule has 0 saturated carbocycles. The maximum atomic E-state index is 12.2. The Morgan fingerprint density at radius 3 is 2.52 bits per heavy atom. The van der Waals surface area contributed by atoms with Gasteiger partial charge in [-0.1, -0.05) is 30.3 Å². The zero-order chi connectivity index (χ0) is 15.3. The number of hydrogen-bond donors (Lipinski definition) is 1. The van der Waals surface area contributed by atoms with E-state index in [1.54, 1.807) is 18.9 Å². The van der Waals surface area contributed by atoms with Crippen LogP contribution in [0.5, 0.6) is 0 Å². The quantitative estimate of drug-likeness (QED) is 0.661. The lowest BCUT2D eigenvalue weighted by Gasteiger charge is -2.41.